The quantitative estimate of drug-likeness (QED) is 0.184. The molecule has 242 valence electrons. The molecule has 1 aliphatic carbocycles. The van der Waals surface area contributed by atoms with Gasteiger partial charge in [0.05, 0.1) is 11.1 Å². The lowest BCUT2D eigenvalue weighted by atomic mass is 9.82. The van der Waals surface area contributed by atoms with E-state index >= 15 is 0 Å². The van der Waals surface area contributed by atoms with Crippen LogP contribution in [-0.2, 0) is 5.41 Å². The Kier molecular flexibility index (Phi) is 6.56. The fourth-order valence-electron chi connectivity index (χ4n) is 8.41. The minimum atomic E-state index is -0.0667. The van der Waals surface area contributed by atoms with Gasteiger partial charge in [-0.1, -0.05) is 147 Å². The highest BCUT2D eigenvalue weighted by molar-refractivity contribution is 6.25. The zero-order valence-corrected chi connectivity index (χ0v) is 28.6. The molecule has 0 bridgehead atoms. The van der Waals surface area contributed by atoms with Crippen molar-refractivity contribution in [2.24, 2.45) is 0 Å². The van der Waals surface area contributed by atoms with E-state index in [4.69, 9.17) is 4.42 Å². The Morgan fingerprint density at radius 1 is 0.412 bits per heavy atom. The average Bonchev–Trinajstić information content (AvgIpc) is 3.68. The fraction of sp³-hybridized carbons (Fsp3) is 0.0612. The minimum Gasteiger partial charge on any atom is -0.456 e. The summed E-state index contributed by atoms with van der Waals surface area (Å²) in [6, 6.07) is 63.5. The molecule has 9 aromatic rings. The van der Waals surface area contributed by atoms with E-state index in [0.717, 1.165) is 39.0 Å². The number of furan rings is 1. The van der Waals surface area contributed by atoms with Gasteiger partial charge in [-0.2, -0.15) is 0 Å². The molecule has 8 aromatic carbocycles. The summed E-state index contributed by atoms with van der Waals surface area (Å²) in [6.07, 6.45) is 0. The fourth-order valence-corrected chi connectivity index (χ4v) is 8.41. The van der Waals surface area contributed by atoms with Crippen molar-refractivity contribution in [2.75, 3.05) is 4.90 Å². The van der Waals surface area contributed by atoms with Crippen molar-refractivity contribution in [3.05, 3.63) is 187 Å². The van der Waals surface area contributed by atoms with E-state index in [1.165, 1.54) is 55.3 Å². The van der Waals surface area contributed by atoms with Gasteiger partial charge in [-0.15, -0.1) is 0 Å². The maximum Gasteiger partial charge on any atom is 0.137 e. The van der Waals surface area contributed by atoms with Gasteiger partial charge < -0.3 is 9.32 Å². The predicted octanol–water partition coefficient (Wildman–Crippen LogP) is 13.8. The Bertz CT molecular complexity index is 2760. The molecule has 1 aromatic heterocycles. The van der Waals surface area contributed by atoms with Crippen molar-refractivity contribution in [2.45, 2.75) is 19.3 Å². The molecule has 0 aliphatic heterocycles. The van der Waals surface area contributed by atoms with Crippen LogP contribution < -0.4 is 4.90 Å². The molecule has 0 N–H and O–H groups in total. The van der Waals surface area contributed by atoms with Gasteiger partial charge >= 0.3 is 0 Å². The molecule has 1 aliphatic rings. The van der Waals surface area contributed by atoms with Crippen LogP contribution in [0.5, 0.6) is 0 Å². The second kappa shape index (κ2) is 11.3. The molecule has 0 saturated carbocycles. The van der Waals surface area contributed by atoms with E-state index in [1.54, 1.807) is 0 Å². The number of fused-ring (bicyclic) bond motifs is 8. The molecular formula is C49H35NO. The summed E-state index contributed by atoms with van der Waals surface area (Å²) >= 11 is 0. The number of rotatable bonds is 5. The van der Waals surface area contributed by atoms with E-state index < -0.39 is 0 Å². The van der Waals surface area contributed by atoms with E-state index in [9.17, 15) is 0 Å². The van der Waals surface area contributed by atoms with Crippen LogP contribution in [-0.4, -0.2) is 0 Å². The molecule has 2 nitrogen and oxygen atoms in total. The second-order valence-corrected chi connectivity index (χ2v) is 14.1. The first-order valence-electron chi connectivity index (χ1n) is 17.7. The molecule has 10 rings (SSSR count). The van der Waals surface area contributed by atoms with Crippen molar-refractivity contribution in [1.82, 2.24) is 0 Å². The highest BCUT2D eigenvalue weighted by atomic mass is 16.3. The van der Waals surface area contributed by atoms with Crippen LogP contribution in [0.25, 0.3) is 66.1 Å². The van der Waals surface area contributed by atoms with Crippen LogP contribution in [0.15, 0.2) is 180 Å². The lowest BCUT2D eigenvalue weighted by Crippen LogP contribution is -2.15. The average molecular weight is 654 g/mol. The van der Waals surface area contributed by atoms with Gasteiger partial charge in [-0.3, -0.25) is 0 Å². The molecule has 0 amide bonds. The van der Waals surface area contributed by atoms with Gasteiger partial charge in [-0.25, -0.2) is 0 Å². The van der Waals surface area contributed by atoms with Crippen LogP contribution in [0.1, 0.15) is 25.0 Å². The standard InChI is InChI=1S/C49H35NO/c1-49(2)42-21-12-11-19-38(42)41-30-36(28-29-43(41)49)50(35-26-24-33(25-27-35)32-14-5-3-6-15-32)44-22-13-23-45-48(44)47-39-20-10-9-18-37(39)40(31-46(47)51-45)34-16-7-4-8-17-34/h3-31H,1-2H3. The zero-order valence-electron chi connectivity index (χ0n) is 28.6. The molecule has 51 heavy (non-hydrogen) atoms. The predicted molar refractivity (Wildman–Crippen MR) is 214 cm³/mol. The summed E-state index contributed by atoms with van der Waals surface area (Å²) in [6.45, 7) is 4.68. The van der Waals surface area contributed by atoms with Crippen LogP contribution in [0.2, 0.25) is 0 Å². The van der Waals surface area contributed by atoms with Gasteiger partial charge in [0.2, 0.25) is 0 Å². The smallest absolute Gasteiger partial charge is 0.137 e. The lowest BCUT2D eigenvalue weighted by Gasteiger charge is -2.28. The lowest BCUT2D eigenvalue weighted by molar-refractivity contribution is 0.660. The topological polar surface area (TPSA) is 16.4 Å². The van der Waals surface area contributed by atoms with Gasteiger partial charge in [0, 0.05) is 22.2 Å². The van der Waals surface area contributed by atoms with Crippen molar-refractivity contribution in [3.8, 4) is 33.4 Å². The first kappa shape index (κ1) is 29.5. The summed E-state index contributed by atoms with van der Waals surface area (Å²) < 4.78 is 6.78. The third-order valence-corrected chi connectivity index (χ3v) is 10.9. The molecule has 0 fully saturated rings. The number of anilines is 3. The van der Waals surface area contributed by atoms with Gasteiger partial charge in [0.25, 0.3) is 0 Å². The van der Waals surface area contributed by atoms with Crippen molar-refractivity contribution in [1.29, 1.82) is 0 Å². The van der Waals surface area contributed by atoms with E-state index in [-0.39, 0.29) is 5.41 Å². The van der Waals surface area contributed by atoms with Crippen LogP contribution in [0.3, 0.4) is 0 Å². The third-order valence-electron chi connectivity index (χ3n) is 10.9. The Hall–Kier alpha value is -6.38. The molecule has 0 atom stereocenters. The van der Waals surface area contributed by atoms with Crippen molar-refractivity contribution >= 4 is 49.8 Å². The first-order valence-corrected chi connectivity index (χ1v) is 17.7. The zero-order chi connectivity index (χ0) is 34.1. The number of nitrogens with zero attached hydrogens (tertiary/aromatic N) is 1. The maximum atomic E-state index is 6.78. The highest BCUT2D eigenvalue weighted by Crippen LogP contribution is 2.52. The molecule has 2 heteroatoms. The Balaban J connectivity index is 1.24. The Morgan fingerprint density at radius 3 is 1.82 bits per heavy atom. The number of benzene rings is 8. The summed E-state index contributed by atoms with van der Waals surface area (Å²) in [5.41, 5.74) is 15.1. The molecule has 0 saturated heterocycles. The van der Waals surface area contributed by atoms with Crippen molar-refractivity contribution in [3.63, 3.8) is 0 Å². The van der Waals surface area contributed by atoms with Gasteiger partial charge in [0.15, 0.2) is 0 Å². The summed E-state index contributed by atoms with van der Waals surface area (Å²) in [7, 11) is 0. The van der Waals surface area contributed by atoms with Gasteiger partial charge in [0.1, 0.15) is 11.2 Å². The highest BCUT2D eigenvalue weighted by Gasteiger charge is 2.35. The SMILES string of the molecule is CC1(C)c2ccccc2-c2cc(N(c3ccc(-c4ccccc4)cc3)c3cccc4oc5cc(-c6ccccc6)c6ccccc6c5c34)ccc21. The summed E-state index contributed by atoms with van der Waals surface area (Å²) in [4.78, 5) is 2.42. The Morgan fingerprint density at radius 2 is 1.04 bits per heavy atom. The van der Waals surface area contributed by atoms with Gasteiger partial charge in [-0.05, 0) is 97.7 Å². The minimum absolute atomic E-state index is 0.0667. The maximum absolute atomic E-state index is 6.78. The van der Waals surface area contributed by atoms with E-state index in [0.29, 0.717) is 0 Å². The molecule has 1 heterocycles. The second-order valence-electron chi connectivity index (χ2n) is 14.1. The van der Waals surface area contributed by atoms with E-state index in [2.05, 4.69) is 195 Å². The number of hydrogen-bond acceptors (Lipinski definition) is 2. The van der Waals surface area contributed by atoms with Crippen molar-refractivity contribution < 1.29 is 4.42 Å². The Labute approximate surface area is 297 Å². The molecular weight excluding hydrogens is 619 g/mol. The summed E-state index contributed by atoms with van der Waals surface area (Å²) in [5.74, 6) is 0. The first-order chi connectivity index (χ1) is 25.1. The largest absolute Gasteiger partial charge is 0.456 e. The van der Waals surface area contributed by atoms with Crippen LogP contribution >= 0.6 is 0 Å². The number of hydrogen-bond donors (Lipinski definition) is 0. The molecule has 0 spiro atoms. The molecule has 0 radical (unpaired) electrons. The molecule has 0 unspecified atom stereocenters. The van der Waals surface area contributed by atoms with Crippen LogP contribution in [0, 0.1) is 0 Å². The summed E-state index contributed by atoms with van der Waals surface area (Å²) in [5, 5.41) is 4.64. The normalized spacial score (nSPS) is 13.1. The monoisotopic (exact) mass is 653 g/mol. The van der Waals surface area contributed by atoms with E-state index in [1.807, 2.05) is 0 Å². The van der Waals surface area contributed by atoms with Crippen LogP contribution in [0.4, 0.5) is 17.1 Å². The third kappa shape index (κ3) is 4.57.